The van der Waals surface area contributed by atoms with E-state index in [1.54, 1.807) is 11.3 Å². The maximum atomic E-state index is 6.13. The highest BCUT2D eigenvalue weighted by Crippen LogP contribution is 2.41. The van der Waals surface area contributed by atoms with Crippen LogP contribution >= 0.6 is 22.9 Å². The summed E-state index contributed by atoms with van der Waals surface area (Å²) >= 11 is 7.86. The quantitative estimate of drug-likeness (QED) is 0.678. The predicted molar refractivity (Wildman–Crippen MR) is 95.3 cm³/mol. The second kappa shape index (κ2) is 5.98. The smallest absolute Gasteiger partial charge is 0.225 e. The molecule has 0 atom stereocenters. The molecule has 4 nitrogen and oxygen atoms in total. The van der Waals surface area contributed by atoms with Crippen molar-refractivity contribution in [2.75, 3.05) is 11.9 Å². The Hall–Kier alpha value is -1.85. The van der Waals surface area contributed by atoms with Gasteiger partial charge in [0.25, 0.3) is 0 Å². The zero-order valence-corrected chi connectivity index (χ0v) is 14.3. The molecule has 0 unspecified atom stereocenters. The number of aromatic nitrogens is 2. The largest absolute Gasteiger partial charge is 0.492 e. The average molecular weight is 346 g/mol. The molecule has 4 rings (SSSR count). The average Bonchev–Trinajstić information content (AvgIpc) is 3.09. The Kier molecular flexibility index (Phi) is 3.83. The molecule has 0 bridgehead atoms. The molecule has 23 heavy (non-hydrogen) atoms. The number of nitrogens with zero attached hydrogens (tertiary/aromatic N) is 2. The van der Waals surface area contributed by atoms with Crippen molar-refractivity contribution < 1.29 is 4.74 Å². The summed E-state index contributed by atoms with van der Waals surface area (Å²) in [4.78, 5) is 11.2. The first-order chi connectivity index (χ1) is 11.3. The summed E-state index contributed by atoms with van der Waals surface area (Å²) < 4.78 is 5.69. The Morgan fingerprint density at radius 3 is 3.00 bits per heavy atom. The van der Waals surface area contributed by atoms with Gasteiger partial charge in [0.1, 0.15) is 16.4 Å². The molecule has 0 radical (unpaired) electrons. The molecule has 0 saturated carbocycles. The summed E-state index contributed by atoms with van der Waals surface area (Å²) in [5, 5.41) is 4.78. The fraction of sp³-hybridized carbons (Fsp3) is 0.294. The van der Waals surface area contributed by atoms with E-state index in [1.165, 1.54) is 16.9 Å². The minimum Gasteiger partial charge on any atom is -0.492 e. The van der Waals surface area contributed by atoms with E-state index < -0.39 is 0 Å². The second-order valence-corrected chi connectivity index (χ2v) is 6.85. The van der Waals surface area contributed by atoms with Gasteiger partial charge in [0.2, 0.25) is 5.28 Å². The van der Waals surface area contributed by atoms with Gasteiger partial charge in [-0.15, -0.1) is 11.3 Å². The number of para-hydroxylation sites is 2. The van der Waals surface area contributed by atoms with Gasteiger partial charge >= 0.3 is 0 Å². The van der Waals surface area contributed by atoms with Crippen molar-refractivity contribution in [3.63, 3.8) is 0 Å². The highest BCUT2D eigenvalue weighted by Gasteiger charge is 2.22. The lowest BCUT2D eigenvalue weighted by Gasteiger charge is -2.13. The zero-order valence-electron chi connectivity index (χ0n) is 12.7. The fourth-order valence-electron chi connectivity index (χ4n) is 3.04. The Labute approximate surface area is 143 Å². The maximum Gasteiger partial charge on any atom is 0.225 e. The zero-order chi connectivity index (χ0) is 15.8. The topological polar surface area (TPSA) is 47.0 Å². The molecular formula is C17H16ClN3OS. The second-order valence-electron chi connectivity index (χ2n) is 5.43. The van der Waals surface area contributed by atoms with Crippen LogP contribution in [0.3, 0.4) is 0 Å². The van der Waals surface area contributed by atoms with Crippen LogP contribution in [-0.2, 0) is 12.8 Å². The SMILES string of the molecule is CCOc1ccccc1Nc1nc(Cl)nc2sc3c(c12)CCC3. The van der Waals surface area contributed by atoms with Crippen molar-refractivity contribution in [3.8, 4) is 5.75 Å². The molecule has 0 saturated heterocycles. The number of halogens is 1. The van der Waals surface area contributed by atoms with Gasteiger partial charge in [-0.1, -0.05) is 12.1 Å². The minimum atomic E-state index is 0.272. The first-order valence-corrected chi connectivity index (χ1v) is 8.92. The number of fused-ring (bicyclic) bond motifs is 3. The molecule has 1 aliphatic rings. The van der Waals surface area contributed by atoms with Gasteiger partial charge in [-0.25, -0.2) is 4.98 Å². The fourth-order valence-corrected chi connectivity index (χ4v) is 4.52. The Bertz CT molecular complexity index is 878. The lowest BCUT2D eigenvalue weighted by atomic mass is 10.2. The minimum absolute atomic E-state index is 0.272. The van der Waals surface area contributed by atoms with Gasteiger partial charge in [-0.2, -0.15) is 4.98 Å². The third kappa shape index (κ3) is 2.64. The number of benzene rings is 1. The third-order valence-electron chi connectivity index (χ3n) is 3.98. The summed E-state index contributed by atoms with van der Waals surface area (Å²) in [6, 6.07) is 7.87. The Morgan fingerprint density at radius 2 is 2.13 bits per heavy atom. The van der Waals surface area contributed by atoms with E-state index in [2.05, 4.69) is 15.3 Å². The summed E-state index contributed by atoms with van der Waals surface area (Å²) in [7, 11) is 0. The van der Waals surface area contributed by atoms with E-state index >= 15 is 0 Å². The number of anilines is 2. The normalized spacial score (nSPS) is 13.3. The van der Waals surface area contributed by atoms with Crippen LogP contribution < -0.4 is 10.1 Å². The number of aryl methyl sites for hydroxylation is 2. The molecule has 0 fully saturated rings. The molecule has 2 aromatic heterocycles. The lowest BCUT2D eigenvalue weighted by Crippen LogP contribution is -2.00. The first-order valence-electron chi connectivity index (χ1n) is 7.73. The highest BCUT2D eigenvalue weighted by molar-refractivity contribution is 7.19. The van der Waals surface area contributed by atoms with Crippen LogP contribution in [0.2, 0.25) is 5.28 Å². The number of hydrogen-bond acceptors (Lipinski definition) is 5. The van der Waals surface area contributed by atoms with Crippen LogP contribution in [0.15, 0.2) is 24.3 Å². The van der Waals surface area contributed by atoms with Gasteiger partial charge in [0.05, 0.1) is 17.7 Å². The summed E-state index contributed by atoms with van der Waals surface area (Å²) in [5.74, 6) is 1.58. The van der Waals surface area contributed by atoms with Crippen molar-refractivity contribution >= 4 is 44.7 Å². The van der Waals surface area contributed by atoms with E-state index in [0.29, 0.717) is 6.61 Å². The van der Waals surface area contributed by atoms with Crippen LogP contribution in [0.4, 0.5) is 11.5 Å². The molecule has 2 heterocycles. The Balaban J connectivity index is 1.83. The van der Waals surface area contributed by atoms with Gasteiger partial charge in [0.15, 0.2) is 0 Å². The van der Waals surface area contributed by atoms with Crippen molar-refractivity contribution in [3.05, 3.63) is 40.0 Å². The number of hydrogen-bond donors (Lipinski definition) is 1. The van der Waals surface area contributed by atoms with Crippen molar-refractivity contribution in [1.82, 2.24) is 9.97 Å². The third-order valence-corrected chi connectivity index (χ3v) is 5.33. The molecule has 118 valence electrons. The Morgan fingerprint density at radius 1 is 1.26 bits per heavy atom. The molecule has 1 N–H and O–H groups in total. The molecule has 1 aliphatic carbocycles. The van der Waals surface area contributed by atoms with E-state index in [-0.39, 0.29) is 5.28 Å². The van der Waals surface area contributed by atoms with Gasteiger partial charge in [0, 0.05) is 4.88 Å². The summed E-state index contributed by atoms with van der Waals surface area (Å²) in [6.45, 7) is 2.59. The van der Waals surface area contributed by atoms with Crippen LogP contribution in [0.5, 0.6) is 5.75 Å². The predicted octanol–water partition coefficient (Wildman–Crippen LogP) is 4.98. The first kappa shape index (κ1) is 14.7. The van der Waals surface area contributed by atoms with Crippen LogP contribution in [0.1, 0.15) is 23.8 Å². The monoisotopic (exact) mass is 345 g/mol. The van der Waals surface area contributed by atoms with Gasteiger partial charge in [-0.3, -0.25) is 0 Å². The molecule has 1 aromatic carbocycles. The highest BCUT2D eigenvalue weighted by atomic mass is 35.5. The van der Waals surface area contributed by atoms with Gasteiger partial charge < -0.3 is 10.1 Å². The molecule has 3 aromatic rings. The van der Waals surface area contributed by atoms with E-state index in [4.69, 9.17) is 16.3 Å². The van der Waals surface area contributed by atoms with Crippen LogP contribution in [-0.4, -0.2) is 16.6 Å². The van der Waals surface area contributed by atoms with Crippen molar-refractivity contribution in [1.29, 1.82) is 0 Å². The van der Waals surface area contributed by atoms with Gasteiger partial charge in [-0.05, 0) is 55.5 Å². The summed E-state index contributed by atoms with van der Waals surface area (Å²) in [5.41, 5.74) is 2.27. The molecule has 0 spiro atoms. The summed E-state index contributed by atoms with van der Waals surface area (Å²) in [6.07, 6.45) is 3.42. The van der Waals surface area contributed by atoms with E-state index in [9.17, 15) is 0 Å². The number of nitrogens with one attached hydrogen (secondary N) is 1. The molecular weight excluding hydrogens is 330 g/mol. The maximum absolute atomic E-state index is 6.13. The van der Waals surface area contributed by atoms with Crippen molar-refractivity contribution in [2.45, 2.75) is 26.2 Å². The lowest BCUT2D eigenvalue weighted by molar-refractivity contribution is 0.342. The molecule has 0 aliphatic heterocycles. The molecule has 6 heteroatoms. The van der Waals surface area contributed by atoms with E-state index in [1.807, 2.05) is 31.2 Å². The number of rotatable bonds is 4. The van der Waals surface area contributed by atoms with E-state index in [0.717, 1.165) is 40.3 Å². The number of thiophene rings is 1. The van der Waals surface area contributed by atoms with Crippen LogP contribution in [0, 0.1) is 0 Å². The number of ether oxygens (including phenoxy) is 1. The standard InChI is InChI=1S/C17H16ClN3OS/c1-2-22-12-8-4-3-7-11(12)19-15-14-10-6-5-9-13(10)23-16(14)21-17(18)20-15/h3-4,7-8H,2,5-6,9H2,1H3,(H,19,20,21). The van der Waals surface area contributed by atoms with Crippen LogP contribution in [0.25, 0.3) is 10.2 Å². The van der Waals surface area contributed by atoms with Crippen molar-refractivity contribution in [2.24, 2.45) is 0 Å². The molecule has 0 amide bonds.